The van der Waals surface area contributed by atoms with Gasteiger partial charge in [0.15, 0.2) is 0 Å². The van der Waals surface area contributed by atoms with Crippen LogP contribution < -0.4 is 10.6 Å². The number of H-pyrrole nitrogens is 1. The van der Waals surface area contributed by atoms with E-state index in [1.54, 1.807) is 0 Å². The van der Waals surface area contributed by atoms with Crippen molar-refractivity contribution in [2.45, 2.75) is 50.1 Å². The van der Waals surface area contributed by atoms with Crippen LogP contribution in [-0.2, 0) is 16.0 Å². The zero-order valence-electron chi connectivity index (χ0n) is 14.2. The molecule has 1 aliphatic heterocycles. The van der Waals surface area contributed by atoms with Gasteiger partial charge in [-0.25, -0.2) is 8.78 Å². The third-order valence-corrected chi connectivity index (χ3v) is 5.55. The topological polar surface area (TPSA) is 74.0 Å². The van der Waals surface area contributed by atoms with Crippen LogP contribution in [0.15, 0.2) is 30.5 Å². The largest absolute Gasteiger partial charge is 0.361 e. The number of carbonyl (C=O) groups excluding carboxylic acids is 2. The molecule has 1 aromatic carbocycles. The second kappa shape index (κ2) is 6.37. The van der Waals surface area contributed by atoms with Gasteiger partial charge in [-0.05, 0) is 30.4 Å². The fourth-order valence-corrected chi connectivity index (χ4v) is 4.04. The van der Waals surface area contributed by atoms with Crippen LogP contribution >= 0.6 is 0 Å². The number of aromatic nitrogens is 1. The number of para-hydroxylation sites is 1. The lowest BCUT2D eigenvalue weighted by Crippen LogP contribution is -2.64. The Bertz CT molecular complexity index is 838. The molecule has 2 fully saturated rings. The first-order valence-corrected chi connectivity index (χ1v) is 8.96. The third kappa shape index (κ3) is 3.18. The molecule has 2 unspecified atom stereocenters. The van der Waals surface area contributed by atoms with Gasteiger partial charge in [0.25, 0.3) is 0 Å². The van der Waals surface area contributed by atoms with Crippen LogP contribution in [0.2, 0.25) is 0 Å². The van der Waals surface area contributed by atoms with Crippen LogP contribution in [0, 0.1) is 5.92 Å². The molecule has 7 heteroatoms. The summed E-state index contributed by atoms with van der Waals surface area (Å²) >= 11 is 0. The van der Waals surface area contributed by atoms with Crippen LogP contribution in [0.4, 0.5) is 8.78 Å². The minimum absolute atomic E-state index is 0.226. The number of amides is 2. The first kappa shape index (κ1) is 17.0. The molecule has 1 saturated carbocycles. The Labute approximate surface area is 149 Å². The van der Waals surface area contributed by atoms with E-state index in [9.17, 15) is 18.4 Å². The lowest BCUT2D eigenvalue weighted by atomic mass is 9.80. The van der Waals surface area contributed by atoms with Gasteiger partial charge in [-0.15, -0.1) is 0 Å². The Morgan fingerprint density at radius 3 is 2.54 bits per heavy atom. The van der Waals surface area contributed by atoms with Crippen molar-refractivity contribution < 1.29 is 18.4 Å². The van der Waals surface area contributed by atoms with Crippen molar-refractivity contribution in [3.63, 3.8) is 0 Å². The highest BCUT2D eigenvalue weighted by molar-refractivity contribution is 5.97. The number of fused-ring (bicyclic) bond motifs is 1. The number of rotatable bonds is 3. The summed E-state index contributed by atoms with van der Waals surface area (Å²) in [5.41, 5.74) is 1.93. The quantitative estimate of drug-likeness (QED) is 0.786. The summed E-state index contributed by atoms with van der Waals surface area (Å²) in [6, 6.07) is 6.41. The smallest absolute Gasteiger partial charge is 0.248 e. The average molecular weight is 361 g/mol. The molecule has 0 spiro atoms. The number of carbonyl (C=O) groups is 2. The van der Waals surface area contributed by atoms with Crippen molar-refractivity contribution in [3.8, 4) is 0 Å². The van der Waals surface area contributed by atoms with Gasteiger partial charge in [-0.2, -0.15) is 0 Å². The molecule has 26 heavy (non-hydrogen) atoms. The maximum Gasteiger partial charge on any atom is 0.248 e. The van der Waals surface area contributed by atoms with Crippen molar-refractivity contribution >= 4 is 22.7 Å². The number of nitrogens with one attached hydrogen (secondary N) is 3. The van der Waals surface area contributed by atoms with E-state index >= 15 is 0 Å². The highest BCUT2D eigenvalue weighted by atomic mass is 19.3. The van der Waals surface area contributed by atoms with E-state index in [0.29, 0.717) is 6.42 Å². The predicted octanol–water partition coefficient (Wildman–Crippen LogP) is 2.52. The molecular formula is C19H21F2N3O2. The summed E-state index contributed by atoms with van der Waals surface area (Å²) in [4.78, 5) is 28.1. The van der Waals surface area contributed by atoms with Crippen LogP contribution in [0.5, 0.6) is 0 Å². The SMILES string of the molecule is O=C1NC(C2CCC(F)(F)CC2)C(=O)NC1Cc1c[nH]c2ccccc12. The minimum Gasteiger partial charge on any atom is -0.361 e. The van der Waals surface area contributed by atoms with Crippen molar-refractivity contribution in [2.24, 2.45) is 5.92 Å². The highest BCUT2D eigenvalue weighted by Gasteiger charge is 2.43. The van der Waals surface area contributed by atoms with Crippen molar-refractivity contribution in [1.82, 2.24) is 15.6 Å². The van der Waals surface area contributed by atoms with Gasteiger partial charge in [0.05, 0.1) is 0 Å². The van der Waals surface area contributed by atoms with Gasteiger partial charge in [-0.1, -0.05) is 18.2 Å². The van der Waals surface area contributed by atoms with E-state index in [2.05, 4.69) is 15.6 Å². The Morgan fingerprint density at radius 2 is 1.77 bits per heavy atom. The molecule has 1 aliphatic carbocycles. The van der Waals surface area contributed by atoms with Crippen molar-refractivity contribution in [1.29, 1.82) is 0 Å². The molecule has 3 N–H and O–H groups in total. The first-order valence-electron chi connectivity index (χ1n) is 8.96. The number of benzene rings is 1. The maximum absolute atomic E-state index is 13.3. The molecule has 5 nitrogen and oxygen atoms in total. The highest BCUT2D eigenvalue weighted by Crippen LogP contribution is 2.37. The Balaban J connectivity index is 1.44. The molecule has 2 aliphatic rings. The molecule has 0 radical (unpaired) electrons. The summed E-state index contributed by atoms with van der Waals surface area (Å²) in [6.07, 6.45) is 2.28. The lowest BCUT2D eigenvalue weighted by molar-refractivity contribution is -0.139. The molecule has 2 amide bonds. The van der Waals surface area contributed by atoms with E-state index in [0.717, 1.165) is 16.5 Å². The molecule has 1 aromatic heterocycles. The van der Waals surface area contributed by atoms with Gasteiger partial charge < -0.3 is 15.6 Å². The fourth-order valence-electron chi connectivity index (χ4n) is 4.04. The second-order valence-corrected chi connectivity index (χ2v) is 7.30. The van der Waals surface area contributed by atoms with Gasteiger partial charge in [0.1, 0.15) is 12.1 Å². The van der Waals surface area contributed by atoms with Gasteiger partial charge >= 0.3 is 0 Å². The lowest BCUT2D eigenvalue weighted by Gasteiger charge is -2.37. The number of alkyl halides is 2. The third-order valence-electron chi connectivity index (χ3n) is 5.55. The molecular weight excluding hydrogens is 340 g/mol. The fraction of sp³-hybridized carbons (Fsp3) is 0.474. The van der Waals surface area contributed by atoms with Crippen LogP contribution in [0.1, 0.15) is 31.2 Å². The number of hydrogen-bond donors (Lipinski definition) is 3. The van der Waals surface area contributed by atoms with Crippen molar-refractivity contribution in [2.75, 3.05) is 0 Å². The molecule has 2 atom stereocenters. The van der Waals surface area contributed by atoms with Crippen molar-refractivity contribution in [3.05, 3.63) is 36.0 Å². The number of halogens is 2. The normalized spacial score (nSPS) is 26.5. The first-order chi connectivity index (χ1) is 12.4. The summed E-state index contributed by atoms with van der Waals surface area (Å²) in [7, 11) is 0. The van der Waals surface area contributed by atoms with E-state index < -0.39 is 18.0 Å². The zero-order valence-corrected chi connectivity index (χ0v) is 14.2. The summed E-state index contributed by atoms with van der Waals surface area (Å²) in [5.74, 6) is -3.40. The number of piperazine rings is 1. The number of aromatic amines is 1. The maximum atomic E-state index is 13.3. The molecule has 0 bridgehead atoms. The van der Waals surface area contributed by atoms with E-state index in [1.165, 1.54) is 0 Å². The molecule has 2 heterocycles. The Kier molecular flexibility index (Phi) is 4.17. The van der Waals surface area contributed by atoms with Gasteiger partial charge in [0.2, 0.25) is 17.7 Å². The second-order valence-electron chi connectivity index (χ2n) is 7.30. The molecule has 4 rings (SSSR count). The van der Waals surface area contributed by atoms with Gasteiger partial charge in [-0.3, -0.25) is 9.59 Å². The zero-order chi connectivity index (χ0) is 18.3. The van der Waals surface area contributed by atoms with E-state index in [1.807, 2.05) is 30.5 Å². The monoisotopic (exact) mass is 361 g/mol. The van der Waals surface area contributed by atoms with E-state index in [-0.39, 0.29) is 43.4 Å². The Hall–Kier alpha value is -2.44. The molecule has 2 aromatic rings. The minimum atomic E-state index is -2.65. The Morgan fingerprint density at radius 1 is 1.04 bits per heavy atom. The number of hydrogen-bond acceptors (Lipinski definition) is 2. The summed E-state index contributed by atoms with van der Waals surface area (Å²) in [6.45, 7) is 0. The predicted molar refractivity (Wildman–Crippen MR) is 92.8 cm³/mol. The van der Waals surface area contributed by atoms with E-state index in [4.69, 9.17) is 0 Å². The average Bonchev–Trinajstić information content (AvgIpc) is 3.01. The van der Waals surface area contributed by atoms with Crippen LogP contribution in [0.25, 0.3) is 10.9 Å². The van der Waals surface area contributed by atoms with Crippen LogP contribution in [0.3, 0.4) is 0 Å². The van der Waals surface area contributed by atoms with Crippen LogP contribution in [-0.4, -0.2) is 34.8 Å². The summed E-state index contributed by atoms with van der Waals surface area (Å²) < 4.78 is 26.7. The van der Waals surface area contributed by atoms with Gasteiger partial charge in [0, 0.05) is 36.4 Å². The molecule has 1 saturated heterocycles. The summed E-state index contributed by atoms with van der Waals surface area (Å²) in [5, 5.41) is 6.57. The standard InChI is InChI=1S/C19H21F2N3O2/c20-19(21)7-5-11(6-8-19)16-18(26)23-15(17(25)24-16)9-12-10-22-14-4-2-1-3-13(12)14/h1-4,10-11,15-16,22H,5-9H2,(H,23,26)(H,24,25). The molecule has 138 valence electrons.